The summed E-state index contributed by atoms with van der Waals surface area (Å²) in [5, 5.41) is 2.45. The van der Waals surface area contributed by atoms with E-state index in [1.807, 2.05) is 52.0 Å². The van der Waals surface area contributed by atoms with Gasteiger partial charge in [0.25, 0.3) is 11.1 Å². The van der Waals surface area contributed by atoms with Gasteiger partial charge >= 0.3 is 0 Å². The fourth-order valence-corrected chi connectivity index (χ4v) is 2.92. The summed E-state index contributed by atoms with van der Waals surface area (Å²) in [6.07, 6.45) is 1.72. The SMILES string of the molecule is Cc1ccc(/C=C2\SC(=O)N(CCNC(=O)C(C)(C)C)C2=O)cc1. The van der Waals surface area contributed by atoms with Crippen molar-refractivity contribution in [2.45, 2.75) is 27.7 Å². The van der Waals surface area contributed by atoms with Crippen molar-refractivity contribution < 1.29 is 14.4 Å². The van der Waals surface area contributed by atoms with Crippen LogP contribution in [0.5, 0.6) is 0 Å². The smallest absolute Gasteiger partial charge is 0.293 e. The van der Waals surface area contributed by atoms with Crippen LogP contribution in [0.4, 0.5) is 4.79 Å². The summed E-state index contributed by atoms with van der Waals surface area (Å²) in [6, 6.07) is 7.73. The summed E-state index contributed by atoms with van der Waals surface area (Å²) in [6.45, 7) is 7.86. The highest BCUT2D eigenvalue weighted by atomic mass is 32.2. The number of benzene rings is 1. The molecule has 2 rings (SSSR count). The fraction of sp³-hybridized carbons (Fsp3) is 0.389. The monoisotopic (exact) mass is 346 g/mol. The maximum absolute atomic E-state index is 12.4. The molecule has 0 aromatic heterocycles. The zero-order valence-corrected chi connectivity index (χ0v) is 15.2. The molecule has 0 bridgehead atoms. The Hall–Kier alpha value is -2.08. The molecule has 1 heterocycles. The fourth-order valence-electron chi connectivity index (χ4n) is 2.05. The largest absolute Gasteiger partial charge is 0.354 e. The second-order valence-electron chi connectivity index (χ2n) is 6.75. The van der Waals surface area contributed by atoms with E-state index in [4.69, 9.17) is 0 Å². The average Bonchev–Trinajstić information content (AvgIpc) is 2.76. The molecule has 3 amide bonds. The number of carbonyl (C=O) groups excluding carboxylic acids is 3. The molecule has 24 heavy (non-hydrogen) atoms. The highest BCUT2D eigenvalue weighted by Gasteiger charge is 2.34. The number of amides is 3. The van der Waals surface area contributed by atoms with Gasteiger partial charge in [0.05, 0.1) is 4.91 Å². The van der Waals surface area contributed by atoms with Crippen molar-refractivity contribution in [3.8, 4) is 0 Å². The van der Waals surface area contributed by atoms with Gasteiger partial charge in [-0.1, -0.05) is 50.6 Å². The van der Waals surface area contributed by atoms with Crippen molar-refractivity contribution in [3.05, 3.63) is 40.3 Å². The molecule has 1 saturated heterocycles. The van der Waals surface area contributed by atoms with E-state index in [2.05, 4.69) is 5.32 Å². The van der Waals surface area contributed by atoms with Gasteiger partial charge in [-0.15, -0.1) is 0 Å². The molecule has 5 nitrogen and oxygen atoms in total. The molecule has 0 atom stereocenters. The predicted molar refractivity (Wildman–Crippen MR) is 96.3 cm³/mol. The van der Waals surface area contributed by atoms with Gasteiger partial charge in [-0.25, -0.2) is 0 Å². The Balaban J connectivity index is 1.99. The Kier molecular flexibility index (Phi) is 5.49. The van der Waals surface area contributed by atoms with Gasteiger partial charge in [0, 0.05) is 18.5 Å². The van der Waals surface area contributed by atoms with Crippen LogP contribution in [0.2, 0.25) is 0 Å². The van der Waals surface area contributed by atoms with Crippen LogP contribution in [-0.2, 0) is 9.59 Å². The van der Waals surface area contributed by atoms with Gasteiger partial charge < -0.3 is 5.32 Å². The molecule has 128 valence electrons. The molecular formula is C18H22N2O3S. The van der Waals surface area contributed by atoms with Crippen LogP contribution in [-0.4, -0.2) is 35.0 Å². The van der Waals surface area contributed by atoms with Gasteiger partial charge in [-0.2, -0.15) is 0 Å². The van der Waals surface area contributed by atoms with Crippen molar-refractivity contribution in [1.82, 2.24) is 10.2 Å². The van der Waals surface area contributed by atoms with Crippen molar-refractivity contribution in [1.29, 1.82) is 0 Å². The minimum Gasteiger partial charge on any atom is -0.354 e. The predicted octanol–water partition coefficient (Wildman–Crippen LogP) is 3.19. The third-order valence-corrected chi connectivity index (χ3v) is 4.46. The number of hydrogen-bond donors (Lipinski definition) is 1. The molecule has 0 spiro atoms. The van der Waals surface area contributed by atoms with Gasteiger partial charge in [0.1, 0.15) is 0 Å². The minimum atomic E-state index is -0.496. The molecule has 6 heteroatoms. The van der Waals surface area contributed by atoms with Crippen LogP contribution in [0, 0.1) is 12.3 Å². The molecule has 1 N–H and O–H groups in total. The second-order valence-corrected chi connectivity index (χ2v) is 7.74. The number of nitrogens with zero attached hydrogens (tertiary/aromatic N) is 1. The molecule has 0 unspecified atom stereocenters. The zero-order chi connectivity index (χ0) is 17.9. The number of hydrogen-bond acceptors (Lipinski definition) is 4. The molecule has 0 radical (unpaired) electrons. The molecule has 1 aliphatic heterocycles. The summed E-state index contributed by atoms with van der Waals surface area (Å²) in [5.41, 5.74) is 1.52. The lowest BCUT2D eigenvalue weighted by atomic mass is 9.96. The Morgan fingerprint density at radius 3 is 2.42 bits per heavy atom. The topological polar surface area (TPSA) is 66.5 Å². The highest BCUT2D eigenvalue weighted by molar-refractivity contribution is 8.18. The van der Waals surface area contributed by atoms with Crippen LogP contribution in [0.15, 0.2) is 29.2 Å². The summed E-state index contributed by atoms with van der Waals surface area (Å²) in [7, 11) is 0. The van der Waals surface area contributed by atoms with Crippen LogP contribution < -0.4 is 5.32 Å². The van der Waals surface area contributed by atoms with E-state index in [9.17, 15) is 14.4 Å². The first-order chi connectivity index (χ1) is 11.2. The molecule has 1 aromatic carbocycles. The Morgan fingerprint density at radius 2 is 1.83 bits per heavy atom. The van der Waals surface area contributed by atoms with Gasteiger partial charge in [-0.05, 0) is 30.3 Å². The van der Waals surface area contributed by atoms with E-state index >= 15 is 0 Å². The summed E-state index contributed by atoms with van der Waals surface area (Å²) in [5.74, 6) is -0.416. The number of aryl methyl sites for hydroxylation is 1. The zero-order valence-electron chi connectivity index (χ0n) is 14.4. The standard InChI is InChI=1S/C18H22N2O3S/c1-12-5-7-13(8-6-12)11-14-15(21)20(17(23)24-14)10-9-19-16(22)18(2,3)4/h5-8,11H,9-10H2,1-4H3,(H,19,22)/b14-11-. The molecule has 1 aliphatic rings. The number of carbonyl (C=O) groups is 3. The summed E-state index contributed by atoms with van der Waals surface area (Å²) >= 11 is 0.931. The Bertz CT molecular complexity index is 687. The van der Waals surface area contributed by atoms with E-state index in [0.29, 0.717) is 4.91 Å². The third-order valence-electron chi connectivity index (χ3n) is 3.55. The first-order valence-corrected chi connectivity index (χ1v) is 8.60. The van der Waals surface area contributed by atoms with Gasteiger partial charge in [0.2, 0.25) is 5.91 Å². The van der Waals surface area contributed by atoms with E-state index in [0.717, 1.165) is 22.9 Å². The molecule has 0 aliphatic carbocycles. The lowest BCUT2D eigenvalue weighted by molar-refractivity contribution is -0.129. The Morgan fingerprint density at radius 1 is 1.21 bits per heavy atom. The summed E-state index contributed by atoms with van der Waals surface area (Å²) in [4.78, 5) is 37.8. The number of nitrogens with one attached hydrogen (secondary N) is 1. The van der Waals surface area contributed by atoms with Crippen LogP contribution in [0.1, 0.15) is 31.9 Å². The second kappa shape index (κ2) is 7.21. The first kappa shape index (κ1) is 18.3. The van der Waals surface area contributed by atoms with Crippen molar-refractivity contribution in [2.24, 2.45) is 5.41 Å². The van der Waals surface area contributed by atoms with Gasteiger partial charge in [0.15, 0.2) is 0 Å². The summed E-state index contributed by atoms with van der Waals surface area (Å²) < 4.78 is 0. The molecule has 0 saturated carbocycles. The Labute approximate surface area is 146 Å². The number of thioether (sulfide) groups is 1. The van der Waals surface area contributed by atoms with Crippen molar-refractivity contribution in [2.75, 3.05) is 13.1 Å². The van der Waals surface area contributed by atoms with E-state index in [1.54, 1.807) is 6.08 Å². The van der Waals surface area contributed by atoms with Gasteiger partial charge in [-0.3, -0.25) is 19.3 Å². The van der Waals surface area contributed by atoms with Crippen molar-refractivity contribution in [3.63, 3.8) is 0 Å². The molecule has 1 aromatic rings. The number of imide groups is 1. The van der Waals surface area contributed by atoms with Crippen LogP contribution in [0.3, 0.4) is 0 Å². The average molecular weight is 346 g/mol. The normalized spacial score (nSPS) is 16.8. The lowest BCUT2D eigenvalue weighted by Crippen LogP contribution is -2.41. The highest BCUT2D eigenvalue weighted by Crippen LogP contribution is 2.31. The number of rotatable bonds is 4. The quantitative estimate of drug-likeness (QED) is 0.850. The molecular weight excluding hydrogens is 324 g/mol. The van der Waals surface area contributed by atoms with E-state index < -0.39 is 5.41 Å². The van der Waals surface area contributed by atoms with E-state index in [1.165, 1.54) is 4.90 Å². The van der Waals surface area contributed by atoms with Crippen LogP contribution in [0.25, 0.3) is 6.08 Å². The van der Waals surface area contributed by atoms with Crippen molar-refractivity contribution >= 4 is 34.9 Å². The maximum atomic E-state index is 12.4. The first-order valence-electron chi connectivity index (χ1n) is 7.79. The van der Waals surface area contributed by atoms with E-state index in [-0.39, 0.29) is 30.1 Å². The lowest BCUT2D eigenvalue weighted by Gasteiger charge is -2.19. The third kappa shape index (κ3) is 4.47. The maximum Gasteiger partial charge on any atom is 0.293 e. The molecule has 1 fully saturated rings. The van der Waals surface area contributed by atoms with Crippen LogP contribution >= 0.6 is 11.8 Å². The minimum absolute atomic E-state index is 0.107.